The van der Waals surface area contributed by atoms with Crippen LogP contribution in [0.5, 0.6) is 0 Å². The van der Waals surface area contributed by atoms with Crippen molar-refractivity contribution in [1.29, 1.82) is 0 Å². The number of carbonyl (C=O) groups is 1. The van der Waals surface area contributed by atoms with Gasteiger partial charge in [0, 0.05) is 13.0 Å². The highest BCUT2D eigenvalue weighted by Crippen LogP contribution is 1.86. The number of aldehydes is 1. The van der Waals surface area contributed by atoms with Crippen molar-refractivity contribution in [2.45, 2.75) is 12.8 Å². The van der Waals surface area contributed by atoms with Crippen LogP contribution in [-0.2, 0) is 14.3 Å². The lowest BCUT2D eigenvalue weighted by atomic mass is 10.5. The maximum atomic E-state index is 9.86. The third kappa shape index (κ3) is 9.94. The van der Waals surface area contributed by atoms with Gasteiger partial charge in [0.2, 0.25) is 0 Å². The molecule has 0 atom stereocenters. The highest BCUT2D eigenvalue weighted by molar-refractivity contribution is 7.80. The molecule has 0 spiro atoms. The molecule has 0 aliphatic rings. The van der Waals surface area contributed by atoms with Gasteiger partial charge in [-0.25, -0.2) is 0 Å². The number of hydrogen-bond acceptors (Lipinski definition) is 4. The van der Waals surface area contributed by atoms with Gasteiger partial charge < -0.3 is 14.3 Å². The second-order valence-electron chi connectivity index (χ2n) is 2.26. The Labute approximate surface area is 78.8 Å². The zero-order valence-electron chi connectivity index (χ0n) is 7.20. The summed E-state index contributed by atoms with van der Waals surface area (Å²) in [5.41, 5.74) is 0. The Hall–Kier alpha value is -0.0600. The molecule has 0 rings (SSSR count). The van der Waals surface area contributed by atoms with Crippen molar-refractivity contribution >= 4 is 18.9 Å². The minimum Gasteiger partial charge on any atom is -0.379 e. The summed E-state index contributed by atoms with van der Waals surface area (Å²) in [6.07, 6.45) is 2.29. The van der Waals surface area contributed by atoms with Gasteiger partial charge in [0.1, 0.15) is 6.29 Å². The van der Waals surface area contributed by atoms with Crippen LogP contribution in [0.1, 0.15) is 12.8 Å². The minimum atomic E-state index is 0.469. The lowest BCUT2D eigenvalue weighted by Crippen LogP contribution is -2.06. The molecule has 0 heterocycles. The average molecular weight is 192 g/mol. The largest absolute Gasteiger partial charge is 0.379 e. The smallest absolute Gasteiger partial charge is 0.122 e. The number of rotatable bonds is 9. The van der Waals surface area contributed by atoms with Crippen molar-refractivity contribution in [2.24, 2.45) is 0 Å². The van der Waals surface area contributed by atoms with Crippen LogP contribution in [0.2, 0.25) is 0 Å². The molecule has 0 saturated heterocycles. The van der Waals surface area contributed by atoms with Crippen LogP contribution in [0.25, 0.3) is 0 Å². The summed E-state index contributed by atoms with van der Waals surface area (Å²) in [5.74, 6) is 0.853. The summed E-state index contributed by atoms with van der Waals surface area (Å²) in [5, 5.41) is 0. The quantitative estimate of drug-likeness (QED) is 0.335. The molecule has 0 saturated carbocycles. The standard InChI is InChI=1S/C8H16O3S/c9-3-1-4-10-6-7-11-5-2-8-12/h3,12H,1-2,4-8H2. The Kier molecular flexibility index (Phi) is 10.9. The fourth-order valence-corrected chi connectivity index (χ4v) is 0.749. The SMILES string of the molecule is O=CCCOCCOCCCS. The van der Waals surface area contributed by atoms with E-state index in [1.165, 1.54) is 0 Å². The van der Waals surface area contributed by atoms with Crippen molar-refractivity contribution in [3.8, 4) is 0 Å². The highest BCUT2D eigenvalue weighted by Gasteiger charge is 1.88. The Morgan fingerprint density at radius 1 is 1.08 bits per heavy atom. The summed E-state index contributed by atoms with van der Waals surface area (Å²) >= 11 is 4.04. The van der Waals surface area contributed by atoms with Gasteiger partial charge in [-0.3, -0.25) is 0 Å². The summed E-state index contributed by atoms with van der Waals surface area (Å²) < 4.78 is 10.3. The fourth-order valence-electron chi connectivity index (χ4n) is 0.620. The van der Waals surface area contributed by atoms with Crippen LogP contribution in [-0.4, -0.2) is 38.5 Å². The molecule has 0 bridgehead atoms. The Morgan fingerprint density at radius 3 is 2.33 bits per heavy atom. The van der Waals surface area contributed by atoms with Crippen LogP contribution in [0.4, 0.5) is 0 Å². The molecule has 0 unspecified atom stereocenters. The first kappa shape index (κ1) is 11.9. The molecular formula is C8H16O3S. The number of carbonyl (C=O) groups excluding carboxylic acids is 1. The zero-order valence-corrected chi connectivity index (χ0v) is 8.09. The molecule has 12 heavy (non-hydrogen) atoms. The maximum Gasteiger partial charge on any atom is 0.122 e. The van der Waals surface area contributed by atoms with Crippen LogP contribution >= 0.6 is 12.6 Å². The van der Waals surface area contributed by atoms with E-state index < -0.39 is 0 Å². The number of ether oxygens (including phenoxy) is 2. The fraction of sp³-hybridized carbons (Fsp3) is 0.875. The monoisotopic (exact) mass is 192 g/mol. The minimum absolute atomic E-state index is 0.469. The molecule has 0 N–H and O–H groups in total. The second kappa shape index (κ2) is 10.9. The summed E-state index contributed by atoms with van der Waals surface area (Å²) in [7, 11) is 0. The first-order chi connectivity index (χ1) is 5.91. The lowest BCUT2D eigenvalue weighted by Gasteiger charge is -2.02. The van der Waals surface area contributed by atoms with E-state index in [2.05, 4.69) is 12.6 Å². The lowest BCUT2D eigenvalue weighted by molar-refractivity contribution is -0.108. The summed E-state index contributed by atoms with van der Waals surface area (Å²) in [6, 6.07) is 0. The van der Waals surface area contributed by atoms with E-state index >= 15 is 0 Å². The molecule has 0 fully saturated rings. The van der Waals surface area contributed by atoms with Gasteiger partial charge in [-0.05, 0) is 12.2 Å². The van der Waals surface area contributed by atoms with Gasteiger partial charge in [0.15, 0.2) is 0 Å². The van der Waals surface area contributed by atoms with E-state index in [-0.39, 0.29) is 0 Å². The van der Waals surface area contributed by atoms with E-state index in [0.717, 1.165) is 25.1 Å². The van der Waals surface area contributed by atoms with E-state index in [4.69, 9.17) is 9.47 Å². The molecule has 0 amide bonds. The average Bonchev–Trinajstić information content (AvgIpc) is 2.10. The normalized spacial score (nSPS) is 10.1. The molecule has 0 aromatic carbocycles. The Balaban J connectivity index is 2.77. The number of hydrogen-bond donors (Lipinski definition) is 1. The Bertz CT molecular complexity index is 98.3. The van der Waals surface area contributed by atoms with Gasteiger partial charge in [-0.15, -0.1) is 0 Å². The van der Waals surface area contributed by atoms with Crippen molar-refractivity contribution in [3.05, 3.63) is 0 Å². The second-order valence-corrected chi connectivity index (χ2v) is 2.70. The highest BCUT2D eigenvalue weighted by atomic mass is 32.1. The molecule has 0 radical (unpaired) electrons. The molecule has 0 aromatic rings. The first-order valence-electron chi connectivity index (χ1n) is 4.11. The van der Waals surface area contributed by atoms with Crippen LogP contribution < -0.4 is 0 Å². The van der Waals surface area contributed by atoms with E-state index in [1.807, 2.05) is 0 Å². The third-order valence-electron chi connectivity index (χ3n) is 1.20. The third-order valence-corrected chi connectivity index (χ3v) is 1.52. The van der Waals surface area contributed by atoms with Crippen molar-refractivity contribution in [2.75, 3.05) is 32.2 Å². The van der Waals surface area contributed by atoms with E-state index in [9.17, 15) is 4.79 Å². The zero-order chi connectivity index (χ0) is 9.07. The van der Waals surface area contributed by atoms with Gasteiger partial charge in [-0.1, -0.05) is 0 Å². The van der Waals surface area contributed by atoms with Crippen molar-refractivity contribution in [3.63, 3.8) is 0 Å². The molecule has 0 aliphatic heterocycles. The van der Waals surface area contributed by atoms with Gasteiger partial charge >= 0.3 is 0 Å². The molecule has 72 valence electrons. The van der Waals surface area contributed by atoms with Gasteiger partial charge in [0.25, 0.3) is 0 Å². The van der Waals surface area contributed by atoms with Crippen LogP contribution in [0.15, 0.2) is 0 Å². The molecular weight excluding hydrogens is 176 g/mol. The summed E-state index contributed by atoms with van der Waals surface area (Å²) in [4.78, 5) is 9.86. The van der Waals surface area contributed by atoms with E-state index in [0.29, 0.717) is 26.2 Å². The molecule has 0 aromatic heterocycles. The summed E-state index contributed by atoms with van der Waals surface area (Å²) in [6.45, 7) is 2.41. The molecule has 3 nitrogen and oxygen atoms in total. The Morgan fingerprint density at radius 2 is 1.75 bits per heavy atom. The topological polar surface area (TPSA) is 35.5 Å². The van der Waals surface area contributed by atoms with Crippen molar-refractivity contribution < 1.29 is 14.3 Å². The predicted octanol–water partition coefficient (Wildman–Crippen LogP) is 0.928. The molecule has 4 heteroatoms. The number of thiol groups is 1. The van der Waals surface area contributed by atoms with E-state index in [1.54, 1.807) is 0 Å². The maximum absolute atomic E-state index is 9.86. The molecule has 0 aliphatic carbocycles. The first-order valence-corrected chi connectivity index (χ1v) is 4.75. The predicted molar refractivity (Wildman–Crippen MR) is 50.8 cm³/mol. The van der Waals surface area contributed by atoms with Crippen molar-refractivity contribution in [1.82, 2.24) is 0 Å². The van der Waals surface area contributed by atoms with Gasteiger partial charge in [-0.2, -0.15) is 12.6 Å². The van der Waals surface area contributed by atoms with Crippen LogP contribution in [0.3, 0.4) is 0 Å². The van der Waals surface area contributed by atoms with Crippen LogP contribution in [0, 0.1) is 0 Å². The van der Waals surface area contributed by atoms with Gasteiger partial charge in [0.05, 0.1) is 19.8 Å².